The Morgan fingerprint density at radius 3 is 2.88 bits per heavy atom. The number of oxime groups is 1. The Kier molecular flexibility index (Phi) is 2.78. The quantitative estimate of drug-likeness (QED) is 0.360. The topological polar surface area (TPSA) is 76.4 Å². The number of nitrogens with two attached hydrogens (primary N) is 1. The van der Waals surface area contributed by atoms with E-state index < -0.39 is 0 Å². The summed E-state index contributed by atoms with van der Waals surface area (Å²) in [7, 11) is 0. The summed E-state index contributed by atoms with van der Waals surface area (Å²) in [6.45, 7) is 0. The fourth-order valence-electron chi connectivity index (χ4n) is 1.35. The molecule has 0 saturated heterocycles. The van der Waals surface area contributed by atoms with Gasteiger partial charge in [0.1, 0.15) is 5.82 Å². The van der Waals surface area contributed by atoms with E-state index in [1.807, 2.05) is 0 Å². The molecule has 0 aliphatic heterocycles. The molecule has 3 N–H and O–H groups in total. The minimum absolute atomic E-state index is 0.0294. The zero-order chi connectivity index (χ0) is 11.5. The molecule has 0 saturated carbocycles. The third-order valence-corrected chi connectivity index (χ3v) is 2.30. The number of nitrogens with zero attached hydrogens (tertiary/aromatic N) is 3. The summed E-state index contributed by atoms with van der Waals surface area (Å²) >= 11 is 5.74. The summed E-state index contributed by atoms with van der Waals surface area (Å²) in [4.78, 5) is 4.14. The van der Waals surface area contributed by atoms with Crippen molar-refractivity contribution in [1.82, 2.24) is 9.55 Å². The van der Waals surface area contributed by atoms with E-state index in [2.05, 4.69) is 10.1 Å². The van der Waals surface area contributed by atoms with Crippen molar-refractivity contribution in [2.45, 2.75) is 0 Å². The third-order valence-electron chi connectivity index (χ3n) is 2.08. The van der Waals surface area contributed by atoms with Crippen molar-refractivity contribution in [1.29, 1.82) is 0 Å². The zero-order valence-corrected chi connectivity index (χ0v) is 8.96. The van der Waals surface area contributed by atoms with Gasteiger partial charge in [-0.15, -0.1) is 0 Å². The molecule has 2 rings (SSSR count). The molecule has 6 heteroatoms. The first kappa shape index (κ1) is 10.5. The molecule has 2 aromatic heterocycles. The van der Waals surface area contributed by atoms with E-state index in [9.17, 15) is 0 Å². The first-order chi connectivity index (χ1) is 7.72. The maximum Gasteiger partial charge on any atom is 0.187 e. The van der Waals surface area contributed by atoms with Crippen LogP contribution in [0.5, 0.6) is 0 Å². The number of hydrogen-bond donors (Lipinski definition) is 2. The fraction of sp³-hybridized carbons (Fsp3) is 0. The molecule has 0 aromatic carbocycles. The Bertz CT molecular complexity index is 518. The normalized spacial score (nSPS) is 11.7. The Hall–Kier alpha value is -2.01. The monoisotopic (exact) mass is 236 g/mol. The van der Waals surface area contributed by atoms with Gasteiger partial charge in [0, 0.05) is 12.4 Å². The third kappa shape index (κ3) is 1.85. The van der Waals surface area contributed by atoms with Crippen LogP contribution in [0.1, 0.15) is 5.69 Å². The van der Waals surface area contributed by atoms with Gasteiger partial charge in [0.15, 0.2) is 5.84 Å². The van der Waals surface area contributed by atoms with Gasteiger partial charge < -0.3 is 10.9 Å². The van der Waals surface area contributed by atoms with Crippen LogP contribution >= 0.6 is 11.6 Å². The second kappa shape index (κ2) is 4.24. The molecule has 0 unspecified atom stereocenters. The van der Waals surface area contributed by atoms with Crippen LogP contribution in [0.4, 0.5) is 0 Å². The molecule has 0 atom stereocenters. The molecule has 2 aromatic rings. The fourth-order valence-corrected chi connectivity index (χ4v) is 1.46. The highest BCUT2D eigenvalue weighted by atomic mass is 35.5. The van der Waals surface area contributed by atoms with Crippen LogP contribution in [-0.4, -0.2) is 20.6 Å². The SMILES string of the molecule is N/C(=N/O)c1cccn1-c1ccc(Cl)cn1. The van der Waals surface area contributed by atoms with Crippen LogP contribution in [0.3, 0.4) is 0 Å². The van der Waals surface area contributed by atoms with Gasteiger partial charge in [-0.25, -0.2) is 4.98 Å². The van der Waals surface area contributed by atoms with Crippen LogP contribution in [-0.2, 0) is 0 Å². The standard InChI is InChI=1S/C10H9ClN4O/c11-7-3-4-9(13-6-7)15-5-1-2-8(15)10(12)14-16/h1-6,16H,(H2,12,14). The Balaban J connectivity index is 2.49. The van der Waals surface area contributed by atoms with E-state index in [1.54, 1.807) is 35.0 Å². The highest BCUT2D eigenvalue weighted by Crippen LogP contribution is 2.13. The van der Waals surface area contributed by atoms with Crippen LogP contribution in [0.25, 0.3) is 5.82 Å². The smallest absolute Gasteiger partial charge is 0.187 e. The summed E-state index contributed by atoms with van der Waals surface area (Å²) in [5, 5.41) is 12.1. The van der Waals surface area contributed by atoms with Crippen molar-refractivity contribution in [2.75, 3.05) is 0 Å². The summed E-state index contributed by atoms with van der Waals surface area (Å²) in [6.07, 6.45) is 3.30. The molecule has 0 aliphatic carbocycles. The lowest BCUT2D eigenvalue weighted by Crippen LogP contribution is -2.17. The van der Waals surface area contributed by atoms with Gasteiger partial charge >= 0.3 is 0 Å². The second-order valence-corrected chi connectivity index (χ2v) is 3.52. The Morgan fingerprint density at radius 2 is 2.25 bits per heavy atom. The van der Waals surface area contributed by atoms with Gasteiger partial charge in [0.2, 0.25) is 0 Å². The molecule has 16 heavy (non-hydrogen) atoms. The second-order valence-electron chi connectivity index (χ2n) is 3.08. The van der Waals surface area contributed by atoms with E-state index in [0.29, 0.717) is 16.5 Å². The van der Waals surface area contributed by atoms with E-state index in [4.69, 9.17) is 22.5 Å². The molecule has 5 nitrogen and oxygen atoms in total. The van der Waals surface area contributed by atoms with Gasteiger partial charge in [0.25, 0.3) is 0 Å². The Morgan fingerprint density at radius 1 is 1.44 bits per heavy atom. The van der Waals surface area contributed by atoms with E-state index in [0.717, 1.165) is 0 Å². The van der Waals surface area contributed by atoms with Gasteiger partial charge in [0.05, 0.1) is 10.7 Å². The minimum atomic E-state index is 0.0294. The summed E-state index contributed by atoms with van der Waals surface area (Å²) in [6, 6.07) is 6.98. The predicted molar refractivity (Wildman–Crippen MR) is 61.1 cm³/mol. The average Bonchev–Trinajstić information content (AvgIpc) is 2.78. The zero-order valence-electron chi connectivity index (χ0n) is 8.21. The molecule has 82 valence electrons. The van der Waals surface area contributed by atoms with Gasteiger partial charge in [-0.05, 0) is 24.3 Å². The lowest BCUT2D eigenvalue weighted by molar-refractivity contribution is 0.318. The van der Waals surface area contributed by atoms with E-state index in [1.165, 1.54) is 6.20 Å². The maximum atomic E-state index is 8.63. The van der Waals surface area contributed by atoms with Crippen molar-refractivity contribution in [3.05, 3.63) is 47.4 Å². The largest absolute Gasteiger partial charge is 0.409 e. The molecule has 0 spiro atoms. The highest BCUT2D eigenvalue weighted by Gasteiger charge is 2.07. The van der Waals surface area contributed by atoms with Crippen molar-refractivity contribution >= 4 is 17.4 Å². The lowest BCUT2D eigenvalue weighted by atomic mass is 10.4. The van der Waals surface area contributed by atoms with Crippen LogP contribution in [0, 0.1) is 0 Å². The number of rotatable bonds is 2. The summed E-state index contributed by atoms with van der Waals surface area (Å²) in [5.41, 5.74) is 6.10. The van der Waals surface area contributed by atoms with Crippen molar-refractivity contribution < 1.29 is 5.21 Å². The van der Waals surface area contributed by atoms with Gasteiger partial charge in [-0.1, -0.05) is 16.8 Å². The molecule has 0 aliphatic rings. The van der Waals surface area contributed by atoms with Gasteiger partial charge in [-0.2, -0.15) is 0 Å². The van der Waals surface area contributed by atoms with Gasteiger partial charge in [-0.3, -0.25) is 4.57 Å². The maximum absolute atomic E-state index is 8.63. The number of aromatic nitrogens is 2. The molecular formula is C10H9ClN4O. The van der Waals surface area contributed by atoms with E-state index in [-0.39, 0.29) is 5.84 Å². The number of hydrogen-bond acceptors (Lipinski definition) is 3. The van der Waals surface area contributed by atoms with Crippen LogP contribution in [0.2, 0.25) is 5.02 Å². The molecule has 0 bridgehead atoms. The molecule has 0 fully saturated rings. The molecule has 0 amide bonds. The number of amidine groups is 1. The number of halogens is 1. The first-order valence-electron chi connectivity index (χ1n) is 4.49. The van der Waals surface area contributed by atoms with Crippen molar-refractivity contribution in [2.24, 2.45) is 10.9 Å². The Labute approximate surface area is 96.8 Å². The first-order valence-corrected chi connectivity index (χ1v) is 4.87. The van der Waals surface area contributed by atoms with Crippen LogP contribution < -0.4 is 5.73 Å². The predicted octanol–water partition coefficient (Wildman–Crippen LogP) is 1.62. The molecule has 0 radical (unpaired) electrons. The van der Waals surface area contributed by atoms with E-state index >= 15 is 0 Å². The lowest BCUT2D eigenvalue weighted by Gasteiger charge is -2.06. The minimum Gasteiger partial charge on any atom is -0.409 e. The highest BCUT2D eigenvalue weighted by molar-refractivity contribution is 6.30. The molecule has 2 heterocycles. The summed E-state index contributed by atoms with van der Waals surface area (Å²) in [5.74, 6) is 0.678. The van der Waals surface area contributed by atoms with Crippen molar-refractivity contribution in [3.63, 3.8) is 0 Å². The average molecular weight is 237 g/mol. The van der Waals surface area contributed by atoms with Crippen LogP contribution in [0.15, 0.2) is 41.8 Å². The van der Waals surface area contributed by atoms with Crippen molar-refractivity contribution in [3.8, 4) is 5.82 Å². The number of pyridine rings is 1. The molecular weight excluding hydrogens is 228 g/mol. The summed E-state index contributed by atoms with van der Waals surface area (Å²) < 4.78 is 1.70.